The van der Waals surface area contributed by atoms with E-state index >= 15 is 4.39 Å². The number of nitrogens with one attached hydrogen (secondary N) is 1. The number of benzene rings is 2. The van der Waals surface area contributed by atoms with Crippen molar-refractivity contribution < 1.29 is 28.2 Å². The van der Waals surface area contributed by atoms with E-state index in [2.05, 4.69) is 11.4 Å². The van der Waals surface area contributed by atoms with E-state index < -0.39 is 35.5 Å². The number of halogens is 1. The van der Waals surface area contributed by atoms with Gasteiger partial charge in [-0.25, -0.2) is 9.18 Å². The van der Waals surface area contributed by atoms with Gasteiger partial charge in [0.1, 0.15) is 23.5 Å². The highest BCUT2D eigenvalue weighted by Crippen LogP contribution is 2.43. The normalized spacial score (nSPS) is 22.4. The Labute approximate surface area is 245 Å². The van der Waals surface area contributed by atoms with Crippen molar-refractivity contribution in [3.05, 3.63) is 59.4 Å². The average molecular weight is 577 g/mol. The number of fused-ring (bicyclic) bond motifs is 2. The molecular formula is C32H37FN4O5. The van der Waals surface area contributed by atoms with Crippen molar-refractivity contribution in [1.29, 1.82) is 5.26 Å². The van der Waals surface area contributed by atoms with Crippen molar-refractivity contribution >= 4 is 17.9 Å². The van der Waals surface area contributed by atoms with E-state index in [0.29, 0.717) is 43.0 Å². The van der Waals surface area contributed by atoms with Gasteiger partial charge in [0, 0.05) is 31.1 Å². The molecule has 10 heteroatoms. The molecule has 222 valence electrons. The van der Waals surface area contributed by atoms with Crippen LogP contribution in [0.15, 0.2) is 42.5 Å². The maximum absolute atomic E-state index is 15.2. The zero-order chi connectivity index (χ0) is 30.0. The van der Waals surface area contributed by atoms with Gasteiger partial charge in [-0.15, -0.1) is 0 Å². The highest BCUT2D eigenvalue weighted by Gasteiger charge is 2.52. The van der Waals surface area contributed by atoms with Crippen LogP contribution >= 0.6 is 0 Å². The molecule has 0 aromatic heterocycles. The number of likely N-dealkylation sites (tertiary alicyclic amines) is 1. The van der Waals surface area contributed by atoms with Crippen LogP contribution in [0.3, 0.4) is 0 Å². The molecule has 0 spiro atoms. The van der Waals surface area contributed by atoms with E-state index in [-0.39, 0.29) is 24.3 Å². The first kappa shape index (κ1) is 29.5. The maximum Gasteiger partial charge on any atom is 0.411 e. The van der Waals surface area contributed by atoms with Gasteiger partial charge < -0.3 is 19.7 Å². The van der Waals surface area contributed by atoms with Crippen LogP contribution in [0, 0.1) is 23.1 Å². The summed E-state index contributed by atoms with van der Waals surface area (Å²) in [5, 5.41) is 12.5. The van der Waals surface area contributed by atoms with Crippen molar-refractivity contribution in [2.24, 2.45) is 5.92 Å². The SMILES string of the molecule is CC(C)(C)OC(=O)N1[C@@H]2CC[C@@H](C2)[C@H]1C(=O)N[C@H](C#N)Cc1ccc(-c2ccc(C(=O)N3CCOCC3)cc2)cc1F. The molecule has 2 bridgehead atoms. The number of ether oxygens (including phenoxy) is 2. The summed E-state index contributed by atoms with van der Waals surface area (Å²) in [4.78, 5) is 42.2. The second-order valence-corrected chi connectivity index (χ2v) is 12.2. The number of rotatable bonds is 6. The summed E-state index contributed by atoms with van der Waals surface area (Å²) in [7, 11) is 0. The first-order chi connectivity index (χ1) is 20.0. The number of hydrogen-bond donors (Lipinski definition) is 1. The number of piperidine rings is 1. The number of hydrogen-bond acceptors (Lipinski definition) is 6. The number of carbonyl (C=O) groups is 3. The minimum Gasteiger partial charge on any atom is -0.444 e. The Kier molecular flexibility index (Phi) is 8.50. The molecular weight excluding hydrogens is 539 g/mol. The van der Waals surface area contributed by atoms with Crippen LogP contribution < -0.4 is 5.32 Å². The fourth-order valence-corrected chi connectivity index (χ4v) is 6.16. The van der Waals surface area contributed by atoms with Gasteiger partial charge >= 0.3 is 6.09 Å². The molecule has 2 saturated heterocycles. The molecule has 1 N–H and O–H groups in total. The quantitative estimate of drug-likeness (QED) is 0.549. The molecule has 9 nitrogen and oxygen atoms in total. The molecule has 3 amide bonds. The summed E-state index contributed by atoms with van der Waals surface area (Å²) in [6.07, 6.45) is 1.84. The Morgan fingerprint density at radius 2 is 1.79 bits per heavy atom. The highest BCUT2D eigenvalue weighted by atomic mass is 19.1. The molecule has 2 aromatic rings. The third-order valence-electron chi connectivity index (χ3n) is 8.17. The Bertz CT molecular complexity index is 1380. The van der Waals surface area contributed by atoms with E-state index in [1.165, 1.54) is 11.0 Å². The predicted molar refractivity (Wildman–Crippen MR) is 153 cm³/mol. The predicted octanol–water partition coefficient (Wildman–Crippen LogP) is 4.30. The third-order valence-corrected chi connectivity index (χ3v) is 8.17. The zero-order valence-corrected chi connectivity index (χ0v) is 24.3. The van der Waals surface area contributed by atoms with Gasteiger partial charge in [-0.3, -0.25) is 14.5 Å². The second-order valence-electron chi connectivity index (χ2n) is 12.2. The number of morpholine rings is 1. The Morgan fingerprint density at radius 1 is 1.10 bits per heavy atom. The third kappa shape index (κ3) is 6.41. The lowest BCUT2D eigenvalue weighted by Crippen LogP contribution is -2.55. The molecule has 42 heavy (non-hydrogen) atoms. The Morgan fingerprint density at radius 3 is 2.43 bits per heavy atom. The number of nitrogens with zero attached hydrogens (tertiary/aromatic N) is 3. The van der Waals surface area contributed by atoms with Crippen LogP contribution in [0.25, 0.3) is 11.1 Å². The van der Waals surface area contributed by atoms with E-state index in [9.17, 15) is 19.6 Å². The second kappa shape index (κ2) is 12.1. The van der Waals surface area contributed by atoms with Gasteiger partial charge in [0.05, 0.1) is 19.3 Å². The first-order valence-electron chi connectivity index (χ1n) is 14.5. The van der Waals surface area contributed by atoms with E-state index in [1.54, 1.807) is 62.1 Å². The highest BCUT2D eigenvalue weighted by molar-refractivity contribution is 5.94. The summed E-state index contributed by atoms with van der Waals surface area (Å²) >= 11 is 0. The molecule has 2 aliphatic heterocycles. The van der Waals surface area contributed by atoms with Crippen molar-refractivity contribution in [1.82, 2.24) is 15.1 Å². The monoisotopic (exact) mass is 576 g/mol. The lowest BCUT2D eigenvalue weighted by Gasteiger charge is -2.35. The van der Waals surface area contributed by atoms with Gasteiger partial charge in [-0.1, -0.05) is 24.3 Å². The molecule has 0 unspecified atom stereocenters. The molecule has 3 fully saturated rings. The van der Waals surface area contributed by atoms with Gasteiger partial charge in [-0.2, -0.15) is 5.26 Å². The van der Waals surface area contributed by atoms with E-state index in [4.69, 9.17) is 9.47 Å². The van der Waals surface area contributed by atoms with Gasteiger partial charge in [0.25, 0.3) is 5.91 Å². The van der Waals surface area contributed by atoms with Crippen LogP contribution in [-0.4, -0.2) is 77.7 Å². The Hall–Kier alpha value is -3.97. The lowest BCUT2D eigenvalue weighted by atomic mass is 9.96. The lowest BCUT2D eigenvalue weighted by molar-refractivity contribution is -0.128. The van der Waals surface area contributed by atoms with Crippen molar-refractivity contribution in [3.8, 4) is 17.2 Å². The summed E-state index contributed by atoms with van der Waals surface area (Å²) in [5.74, 6) is -0.960. The van der Waals surface area contributed by atoms with Gasteiger partial charge in [-0.05, 0) is 80.8 Å². The topological polar surface area (TPSA) is 112 Å². The van der Waals surface area contributed by atoms with E-state index in [0.717, 1.165) is 24.8 Å². The number of nitriles is 1. The fraction of sp³-hybridized carbons (Fsp3) is 0.500. The zero-order valence-electron chi connectivity index (χ0n) is 24.3. The fourth-order valence-electron chi connectivity index (χ4n) is 6.16. The summed E-state index contributed by atoms with van der Waals surface area (Å²) in [5.41, 5.74) is 1.55. The van der Waals surface area contributed by atoms with Crippen LogP contribution in [0.2, 0.25) is 0 Å². The molecule has 3 aliphatic rings. The van der Waals surface area contributed by atoms with Gasteiger partial charge in [0.15, 0.2) is 0 Å². The van der Waals surface area contributed by atoms with Crippen molar-refractivity contribution in [2.75, 3.05) is 26.3 Å². The van der Waals surface area contributed by atoms with Crippen LogP contribution in [0.5, 0.6) is 0 Å². The van der Waals surface area contributed by atoms with Crippen LogP contribution in [0.1, 0.15) is 56.0 Å². The molecule has 0 radical (unpaired) electrons. The first-order valence-corrected chi connectivity index (χ1v) is 14.5. The smallest absolute Gasteiger partial charge is 0.411 e. The average Bonchev–Trinajstić information content (AvgIpc) is 3.59. The molecule has 4 atom stereocenters. The minimum absolute atomic E-state index is 0.00781. The number of carbonyl (C=O) groups excluding carboxylic acids is 3. The van der Waals surface area contributed by atoms with Crippen molar-refractivity contribution in [3.63, 3.8) is 0 Å². The largest absolute Gasteiger partial charge is 0.444 e. The van der Waals surface area contributed by atoms with Crippen molar-refractivity contribution in [2.45, 2.75) is 70.2 Å². The van der Waals surface area contributed by atoms with Crippen LogP contribution in [0.4, 0.5) is 9.18 Å². The van der Waals surface area contributed by atoms with Crippen LogP contribution in [-0.2, 0) is 20.7 Å². The molecule has 1 aliphatic carbocycles. The maximum atomic E-state index is 15.2. The molecule has 1 saturated carbocycles. The number of amides is 3. The Balaban J connectivity index is 1.23. The summed E-state index contributed by atoms with van der Waals surface area (Å²) in [6.45, 7) is 7.51. The standard InChI is InChI=1S/C32H37FN4O5/c1-32(2,3)42-31(40)37-26-11-10-24(17-26)28(37)29(38)35-25(19-34)16-23-9-8-22(18-27(23)33)20-4-6-21(7-5-20)30(39)36-12-14-41-15-13-36/h4-9,18,24-26,28H,10-17H2,1-3H3,(H,35,38)/t24-,25-,26+,28-/m0/s1. The van der Waals surface area contributed by atoms with E-state index in [1.807, 2.05) is 0 Å². The molecule has 2 aromatic carbocycles. The summed E-state index contributed by atoms with van der Waals surface area (Å²) in [6, 6.07) is 12.1. The molecule has 2 heterocycles. The minimum atomic E-state index is -0.969. The summed E-state index contributed by atoms with van der Waals surface area (Å²) < 4.78 is 26.1. The van der Waals surface area contributed by atoms with Gasteiger partial charge in [0.2, 0.25) is 5.91 Å². The molecule has 5 rings (SSSR count).